The number of nitrogens with zero attached hydrogens (tertiary/aromatic N) is 3. The number of hydrogen-bond acceptors (Lipinski definition) is 5. The lowest BCUT2D eigenvalue weighted by atomic mass is 9.96. The summed E-state index contributed by atoms with van der Waals surface area (Å²) in [6.45, 7) is 2.01. The van der Waals surface area contributed by atoms with Gasteiger partial charge >= 0.3 is 0 Å². The minimum absolute atomic E-state index is 0.0630. The summed E-state index contributed by atoms with van der Waals surface area (Å²) in [5.41, 5.74) is 3.92. The van der Waals surface area contributed by atoms with Gasteiger partial charge in [-0.25, -0.2) is 4.98 Å². The molecule has 1 aliphatic heterocycles. The second kappa shape index (κ2) is 8.26. The number of amides is 1. The summed E-state index contributed by atoms with van der Waals surface area (Å²) in [5.74, 6) is 1.58. The molecule has 4 aromatic rings. The van der Waals surface area contributed by atoms with Gasteiger partial charge in [0.05, 0.1) is 36.1 Å². The standard InChI is InChI=1S/C24H25N5O2/c1-31-17-8-9-19-18(13-17)22(10-11-25-19)29-12-4-5-16(15-29)24(30)26-14-23-27-20-6-2-3-7-21(20)28-23/h2-3,6-11,13,16H,4-5,12,14-15H2,1H3,(H,26,30)(H,27,28). The fraction of sp³-hybridized carbons (Fsp3) is 0.292. The van der Waals surface area contributed by atoms with Crippen molar-refractivity contribution in [1.29, 1.82) is 0 Å². The SMILES string of the molecule is COc1ccc2nccc(N3CCCC(C(=O)NCc4nc5ccccc5[nH]4)C3)c2c1. The van der Waals surface area contributed by atoms with Gasteiger partial charge in [0.15, 0.2) is 0 Å². The molecule has 31 heavy (non-hydrogen) atoms. The third kappa shape index (κ3) is 3.91. The van der Waals surface area contributed by atoms with Crippen molar-refractivity contribution in [3.63, 3.8) is 0 Å². The molecular formula is C24H25N5O2. The highest BCUT2D eigenvalue weighted by atomic mass is 16.5. The van der Waals surface area contributed by atoms with Gasteiger partial charge in [-0.1, -0.05) is 12.1 Å². The lowest BCUT2D eigenvalue weighted by Gasteiger charge is -2.34. The number of H-pyrrole nitrogens is 1. The van der Waals surface area contributed by atoms with Crippen molar-refractivity contribution in [3.8, 4) is 5.75 Å². The van der Waals surface area contributed by atoms with Crippen LogP contribution in [0.15, 0.2) is 54.7 Å². The number of anilines is 1. The third-order valence-electron chi connectivity index (χ3n) is 5.93. The van der Waals surface area contributed by atoms with E-state index in [1.807, 2.05) is 54.7 Å². The number of imidazole rings is 1. The van der Waals surface area contributed by atoms with Crippen LogP contribution in [0.4, 0.5) is 5.69 Å². The maximum absolute atomic E-state index is 12.9. The molecule has 0 bridgehead atoms. The van der Waals surface area contributed by atoms with Crippen LogP contribution in [0.5, 0.6) is 5.75 Å². The number of rotatable bonds is 5. The van der Waals surface area contributed by atoms with Crippen LogP contribution in [0.1, 0.15) is 18.7 Å². The molecule has 1 fully saturated rings. The zero-order valence-corrected chi connectivity index (χ0v) is 17.5. The highest BCUT2D eigenvalue weighted by Crippen LogP contribution is 2.31. The number of nitrogens with one attached hydrogen (secondary N) is 2. The van der Waals surface area contributed by atoms with E-state index in [1.165, 1.54) is 0 Å². The van der Waals surface area contributed by atoms with Crippen molar-refractivity contribution in [1.82, 2.24) is 20.3 Å². The third-order valence-corrected chi connectivity index (χ3v) is 5.93. The van der Waals surface area contributed by atoms with Crippen molar-refractivity contribution in [2.24, 2.45) is 5.92 Å². The van der Waals surface area contributed by atoms with Gasteiger partial charge in [0.2, 0.25) is 5.91 Å². The van der Waals surface area contributed by atoms with E-state index in [1.54, 1.807) is 7.11 Å². The second-order valence-electron chi connectivity index (χ2n) is 7.92. The topological polar surface area (TPSA) is 83.1 Å². The maximum Gasteiger partial charge on any atom is 0.225 e. The molecule has 5 rings (SSSR count). The first kappa shape index (κ1) is 19.4. The number of pyridine rings is 1. The van der Waals surface area contributed by atoms with Crippen molar-refractivity contribution in [2.45, 2.75) is 19.4 Å². The molecule has 0 saturated carbocycles. The number of carbonyl (C=O) groups is 1. The van der Waals surface area contributed by atoms with Gasteiger partial charge in [-0.3, -0.25) is 9.78 Å². The molecule has 7 heteroatoms. The van der Waals surface area contributed by atoms with Gasteiger partial charge in [-0.2, -0.15) is 0 Å². The lowest BCUT2D eigenvalue weighted by molar-refractivity contribution is -0.125. The predicted octanol–water partition coefficient (Wildman–Crippen LogP) is 3.65. The molecule has 158 valence electrons. The van der Waals surface area contributed by atoms with Crippen LogP contribution >= 0.6 is 0 Å². The van der Waals surface area contributed by atoms with Gasteiger partial charge in [-0.05, 0) is 49.2 Å². The Morgan fingerprint density at radius 2 is 2.13 bits per heavy atom. The number of methoxy groups -OCH3 is 1. The zero-order chi connectivity index (χ0) is 21.2. The fourth-order valence-corrected chi connectivity index (χ4v) is 4.33. The summed E-state index contributed by atoms with van der Waals surface area (Å²) in [4.78, 5) is 27.5. The Bertz CT molecular complexity index is 1200. The molecule has 0 radical (unpaired) electrons. The van der Waals surface area contributed by atoms with Gasteiger partial charge < -0.3 is 19.9 Å². The molecule has 0 aliphatic carbocycles. The molecule has 2 aromatic heterocycles. The van der Waals surface area contributed by atoms with Crippen LogP contribution in [0.3, 0.4) is 0 Å². The van der Waals surface area contributed by atoms with E-state index in [4.69, 9.17) is 4.74 Å². The second-order valence-corrected chi connectivity index (χ2v) is 7.92. The smallest absolute Gasteiger partial charge is 0.225 e. The molecule has 1 saturated heterocycles. The van der Waals surface area contributed by atoms with Crippen LogP contribution in [-0.2, 0) is 11.3 Å². The van der Waals surface area contributed by atoms with Crippen LogP contribution in [0, 0.1) is 5.92 Å². The Balaban J connectivity index is 1.30. The number of aromatic amines is 1. The van der Waals surface area contributed by atoms with E-state index in [0.717, 1.165) is 58.6 Å². The van der Waals surface area contributed by atoms with E-state index in [9.17, 15) is 4.79 Å². The zero-order valence-electron chi connectivity index (χ0n) is 17.5. The number of piperidine rings is 1. The lowest BCUT2D eigenvalue weighted by Crippen LogP contribution is -2.43. The first-order chi connectivity index (χ1) is 15.2. The van der Waals surface area contributed by atoms with Gasteiger partial charge in [0.1, 0.15) is 11.6 Å². The summed E-state index contributed by atoms with van der Waals surface area (Å²) in [5, 5.41) is 4.11. The Hall–Kier alpha value is -3.61. The number of para-hydroxylation sites is 2. The van der Waals surface area contributed by atoms with E-state index < -0.39 is 0 Å². The molecule has 2 aromatic carbocycles. The van der Waals surface area contributed by atoms with Crippen molar-refractivity contribution in [3.05, 3.63) is 60.6 Å². The number of benzene rings is 2. The Labute approximate surface area is 180 Å². The van der Waals surface area contributed by atoms with E-state index >= 15 is 0 Å². The summed E-state index contributed by atoms with van der Waals surface area (Å²) >= 11 is 0. The summed E-state index contributed by atoms with van der Waals surface area (Å²) in [7, 11) is 1.67. The van der Waals surface area contributed by atoms with Crippen molar-refractivity contribution in [2.75, 3.05) is 25.1 Å². The summed E-state index contributed by atoms with van der Waals surface area (Å²) < 4.78 is 5.40. The molecular weight excluding hydrogens is 390 g/mol. The first-order valence-electron chi connectivity index (χ1n) is 10.6. The first-order valence-corrected chi connectivity index (χ1v) is 10.6. The minimum Gasteiger partial charge on any atom is -0.497 e. The predicted molar refractivity (Wildman–Crippen MR) is 121 cm³/mol. The highest BCUT2D eigenvalue weighted by molar-refractivity contribution is 5.93. The largest absolute Gasteiger partial charge is 0.497 e. The Morgan fingerprint density at radius 1 is 1.23 bits per heavy atom. The normalized spacial score (nSPS) is 16.5. The summed E-state index contributed by atoms with van der Waals surface area (Å²) in [6, 6.07) is 15.8. The molecule has 1 aliphatic rings. The van der Waals surface area contributed by atoms with E-state index in [-0.39, 0.29) is 11.8 Å². The number of carbonyl (C=O) groups excluding carboxylic acids is 1. The molecule has 2 N–H and O–H groups in total. The Morgan fingerprint density at radius 3 is 3.00 bits per heavy atom. The molecule has 7 nitrogen and oxygen atoms in total. The molecule has 0 spiro atoms. The fourth-order valence-electron chi connectivity index (χ4n) is 4.33. The van der Waals surface area contributed by atoms with Crippen LogP contribution in [0.2, 0.25) is 0 Å². The number of ether oxygens (including phenoxy) is 1. The molecule has 1 amide bonds. The molecule has 1 atom stereocenters. The monoisotopic (exact) mass is 415 g/mol. The van der Waals surface area contributed by atoms with Gasteiger partial charge in [0.25, 0.3) is 0 Å². The van der Waals surface area contributed by atoms with Crippen molar-refractivity contribution < 1.29 is 9.53 Å². The number of aromatic nitrogens is 3. The molecule has 1 unspecified atom stereocenters. The van der Waals surface area contributed by atoms with E-state index in [2.05, 4.69) is 25.2 Å². The van der Waals surface area contributed by atoms with E-state index in [0.29, 0.717) is 13.1 Å². The Kier molecular flexibility index (Phi) is 5.16. The highest BCUT2D eigenvalue weighted by Gasteiger charge is 2.27. The average Bonchev–Trinajstić information content (AvgIpc) is 3.25. The van der Waals surface area contributed by atoms with Crippen LogP contribution < -0.4 is 15.0 Å². The molecule has 3 heterocycles. The minimum atomic E-state index is -0.0630. The number of hydrogen-bond donors (Lipinski definition) is 2. The van der Waals surface area contributed by atoms with Gasteiger partial charge in [0, 0.05) is 30.4 Å². The quantitative estimate of drug-likeness (QED) is 0.520. The van der Waals surface area contributed by atoms with Crippen LogP contribution in [-0.4, -0.2) is 41.1 Å². The van der Waals surface area contributed by atoms with Crippen LogP contribution in [0.25, 0.3) is 21.9 Å². The average molecular weight is 415 g/mol. The van der Waals surface area contributed by atoms with Gasteiger partial charge in [-0.15, -0.1) is 0 Å². The number of fused-ring (bicyclic) bond motifs is 2. The van der Waals surface area contributed by atoms with Crippen molar-refractivity contribution >= 4 is 33.5 Å². The maximum atomic E-state index is 12.9. The summed E-state index contributed by atoms with van der Waals surface area (Å²) in [6.07, 6.45) is 3.68.